The maximum absolute atomic E-state index is 12.7. The summed E-state index contributed by atoms with van der Waals surface area (Å²) in [5.74, 6) is 0.571. The molecule has 1 aromatic carbocycles. The van der Waals surface area contributed by atoms with Gasteiger partial charge >= 0.3 is 5.69 Å². The molecule has 0 spiro atoms. The molecule has 0 atom stereocenters. The molecular weight excluding hydrogens is 370 g/mol. The van der Waals surface area contributed by atoms with Gasteiger partial charge in [-0.15, -0.1) is 0 Å². The van der Waals surface area contributed by atoms with Crippen molar-refractivity contribution in [1.82, 2.24) is 19.2 Å². The lowest BCUT2D eigenvalue weighted by Crippen LogP contribution is -2.44. The molecule has 0 bridgehead atoms. The van der Waals surface area contributed by atoms with Crippen LogP contribution in [0.5, 0.6) is 0 Å². The third-order valence-electron chi connectivity index (χ3n) is 5.83. The minimum absolute atomic E-state index is 0.00244. The van der Waals surface area contributed by atoms with Crippen molar-refractivity contribution >= 4 is 17.5 Å². The third-order valence-corrected chi connectivity index (χ3v) is 5.83. The zero-order valence-electron chi connectivity index (χ0n) is 16.5. The molecule has 4 rings (SSSR count). The highest BCUT2D eigenvalue weighted by molar-refractivity contribution is 5.92. The van der Waals surface area contributed by atoms with Crippen LogP contribution in [0.4, 0.5) is 5.69 Å². The second kappa shape index (κ2) is 8.63. The number of hydrogen-bond donors (Lipinski definition) is 1. The van der Waals surface area contributed by atoms with Gasteiger partial charge < -0.3 is 10.2 Å². The Bertz CT molecular complexity index is 926. The van der Waals surface area contributed by atoms with E-state index < -0.39 is 0 Å². The van der Waals surface area contributed by atoms with Gasteiger partial charge in [0.15, 0.2) is 0 Å². The molecule has 8 heteroatoms. The smallest absolute Gasteiger partial charge is 0.341 e. The average molecular weight is 397 g/mol. The van der Waals surface area contributed by atoms with E-state index in [-0.39, 0.29) is 30.0 Å². The van der Waals surface area contributed by atoms with Crippen LogP contribution in [0.3, 0.4) is 0 Å². The number of carbonyl (C=O) groups excluding carboxylic acids is 2. The zero-order chi connectivity index (χ0) is 20.2. The second-order valence-electron chi connectivity index (χ2n) is 7.83. The van der Waals surface area contributed by atoms with Crippen LogP contribution in [-0.2, 0) is 29.1 Å². The summed E-state index contributed by atoms with van der Waals surface area (Å²) in [4.78, 5) is 39.4. The summed E-state index contributed by atoms with van der Waals surface area (Å²) in [6, 6.07) is 9.40. The maximum atomic E-state index is 12.7. The van der Waals surface area contributed by atoms with Crippen molar-refractivity contribution in [1.29, 1.82) is 0 Å². The number of likely N-dealkylation sites (tertiary alicyclic amines) is 1. The number of aryl methyl sites for hydroxylation is 1. The van der Waals surface area contributed by atoms with Crippen LogP contribution < -0.4 is 11.0 Å². The van der Waals surface area contributed by atoms with Crippen molar-refractivity contribution in [2.24, 2.45) is 5.92 Å². The Morgan fingerprint density at radius 1 is 1.03 bits per heavy atom. The van der Waals surface area contributed by atoms with Crippen molar-refractivity contribution in [2.45, 2.75) is 51.6 Å². The molecule has 2 aromatic rings. The summed E-state index contributed by atoms with van der Waals surface area (Å²) in [6.45, 7) is 1.70. The predicted molar refractivity (Wildman–Crippen MR) is 108 cm³/mol. The Labute approximate surface area is 169 Å². The molecule has 0 radical (unpaired) electrons. The van der Waals surface area contributed by atoms with E-state index in [1.54, 1.807) is 9.47 Å². The highest BCUT2D eigenvalue weighted by Crippen LogP contribution is 2.20. The SMILES string of the molecule is O=C(Nc1ccccc1)C1CCN(C(=O)Cn2nc3n(c2=O)CCCCC3)CC1. The van der Waals surface area contributed by atoms with Crippen LogP contribution in [0.15, 0.2) is 35.1 Å². The van der Waals surface area contributed by atoms with Crippen LogP contribution >= 0.6 is 0 Å². The van der Waals surface area contributed by atoms with E-state index in [0.29, 0.717) is 32.5 Å². The zero-order valence-corrected chi connectivity index (χ0v) is 16.5. The largest absolute Gasteiger partial charge is 0.346 e. The molecule has 29 heavy (non-hydrogen) atoms. The fourth-order valence-corrected chi connectivity index (χ4v) is 4.11. The molecule has 2 aliphatic rings. The van der Waals surface area contributed by atoms with Crippen LogP contribution in [0, 0.1) is 5.92 Å². The van der Waals surface area contributed by atoms with E-state index in [0.717, 1.165) is 37.2 Å². The molecule has 1 N–H and O–H groups in total. The molecule has 1 aromatic heterocycles. The molecule has 0 aliphatic carbocycles. The van der Waals surface area contributed by atoms with E-state index in [1.165, 1.54) is 4.68 Å². The highest BCUT2D eigenvalue weighted by atomic mass is 16.2. The van der Waals surface area contributed by atoms with E-state index in [2.05, 4.69) is 10.4 Å². The number of nitrogens with zero attached hydrogens (tertiary/aromatic N) is 4. The predicted octanol–water partition coefficient (Wildman–Crippen LogP) is 1.65. The van der Waals surface area contributed by atoms with Gasteiger partial charge in [-0.3, -0.25) is 14.2 Å². The van der Waals surface area contributed by atoms with Crippen molar-refractivity contribution in [3.63, 3.8) is 0 Å². The van der Waals surface area contributed by atoms with Gasteiger partial charge in [-0.25, -0.2) is 9.48 Å². The molecule has 1 saturated heterocycles. The Morgan fingerprint density at radius 3 is 2.55 bits per heavy atom. The fourth-order valence-electron chi connectivity index (χ4n) is 4.11. The molecule has 2 aliphatic heterocycles. The number of rotatable bonds is 4. The Kier molecular flexibility index (Phi) is 5.78. The summed E-state index contributed by atoms with van der Waals surface area (Å²) in [6.07, 6.45) is 5.15. The first-order valence-corrected chi connectivity index (χ1v) is 10.4. The van der Waals surface area contributed by atoms with Gasteiger partial charge in [-0.2, -0.15) is 5.10 Å². The van der Waals surface area contributed by atoms with Crippen LogP contribution in [0.2, 0.25) is 0 Å². The molecular formula is C21H27N5O3. The Balaban J connectivity index is 1.31. The van der Waals surface area contributed by atoms with Gasteiger partial charge in [0, 0.05) is 37.7 Å². The van der Waals surface area contributed by atoms with Gasteiger partial charge in [-0.1, -0.05) is 24.6 Å². The Hall–Kier alpha value is -2.90. The normalized spacial score (nSPS) is 17.4. The standard InChI is InChI=1S/C21H27N5O3/c27-19(15-26-21(29)25-12-6-2-5-9-18(25)23-26)24-13-10-16(11-14-24)20(28)22-17-7-3-1-4-8-17/h1,3-4,7-8,16H,2,5-6,9-15H2,(H,22,28). The number of piperidine rings is 1. The molecule has 3 heterocycles. The first-order chi connectivity index (χ1) is 14.1. The number of amides is 2. The third kappa shape index (κ3) is 4.41. The van der Waals surface area contributed by atoms with E-state index in [1.807, 2.05) is 30.3 Å². The van der Waals surface area contributed by atoms with Crippen molar-refractivity contribution in [2.75, 3.05) is 18.4 Å². The number of benzene rings is 1. The minimum Gasteiger partial charge on any atom is -0.341 e. The summed E-state index contributed by atoms with van der Waals surface area (Å²) >= 11 is 0. The number of para-hydroxylation sites is 1. The monoisotopic (exact) mass is 397 g/mol. The van der Waals surface area contributed by atoms with Crippen molar-refractivity contribution in [3.05, 3.63) is 46.6 Å². The van der Waals surface area contributed by atoms with Crippen LogP contribution in [0.1, 0.15) is 37.9 Å². The first-order valence-electron chi connectivity index (χ1n) is 10.4. The van der Waals surface area contributed by atoms with Gasteiger partial charge in [0.05, 0.1) is 0 Å². The summed E-state index contributed by atoms with van der Waals surface area (Å²) < 4.78 is 3.01. The maximum Gasteiger partial charge on any atom is 0.346 e. The van der Waals surface area contributed by atoms with E-state index in [9.17, 15) is 14.4 Å². The molecule has 0 saturated carbocycles. The molecule has 0 unspecified atom stereocenters. The second-order valence-corrected chi connectivity index (χ2v) is 7.83. The van der Waals surface area contributed by atoms with E-state index >= 15 is 0 Å². The summed E-state index contributed by atoms with van der Waals surface area (Å²) in [7, 11) is 0. The van der Waals surface area contributed by atoms with Gasteiger partial charge in [-0.05, 0) is 37.8 Å². The van der Waals surface area contributed by atoms with Crippen molar-refractivity contribution < 1.29 is 9.59 Å². The number of carbonyl (C=O) groups is 2. The molecule has 154 valence electrons. The summed E-state index contributed by atoms with van der Waals surface area (Å²) in [5, 5.41) is 7.33. The van der Waals surface area contributed by atoms with Crippen molar-refractivity contribution in [3.8, 4) is 0 Å². The lowest BCUT2D eigenvalue weighted by Gasteiger charge is -2.31. The number of aromatic nitrogens is 3. The topological polar surface area (TPSA) is 89.2 Å². The van der Waals surface area contributed by atoms with Crippen LogP contribution in [-0.4, -0.2) is 44.2 Å². The van der Waals surface area contributed by atoms with Gasteiger partial charge in [0.25, 0.3) is 0 Å². The van der Waals surface area contributed by atoms with E-state index in [4.69, 9.17) is 0 Å². The average Bonchev–Trinajstić information content (AvgIpc) is 2.90. The molecule has 8 nitrogen and oxygen atoms in total. The lowest BCUT2D eigenvalue weighted by molar-refractivity contribution is -0.135. The minimum atomic E-state index is -0.188. The number of anilines is 1. The van der Waals surface area contributed by atoms with Crippen LogP contribution in [0.25, 0.3) is 0 Å². The van der Waals surface area contributed by atoms with Gasteiger partial charge in [0.2, 0.25) is 11.8 Å². The Morgan fingerprint density at radius 2 is 1.79 bits per heavy atom. The fraction of sp³-hybridized carbons (Fsp3) is 0.524. The quantitative estimate of drug-likeness (QED) is 0.850. The molecule has 2 amide bonds. The number of hydrogen-bond acceptors (Lipinski definition) is 4. The number of nitrogens with one attached hydrogen (secondary N) is 1. The summed E-state index contributed by atoms with van der Waals surface area (Å²) in [5.41, 5.74) is 0.599. The van der Waals surface area contributed by atoms with Gasteiger partial charge in [0.1, 0.15) is 12.4 Å². The lowest BCUT2D eigenvalue weighted by atomic mass is 9.95. The molecule has 1 fully saturated rings. The highest BCUT2D eigenvalue weighted by Gasteiger charge is 2.28. The first kappa shape index (κ1) is 19.4. The number of fused-ring (bicyclic) bond motifs is 1.